The molecule has 0 bridgehead atoms. The molecule has 0 spiro atoms. The summed E-state index contributed by atoms with van der Waals surface area (Å²) < 4.78 is 196. The molecule has 3 heterocycles. The smallest absolute Gasteiger partial charge is 0.484 e. The summed E-state index contributed by atoms with van der Waals surface area (Å²) in [6.07, 6.45) is -9.48. The molecule has 29 heteroatoms. The summed E-state index contributed by atoms with van der Waals surface area (Å²) >= 11 is 14.8. The van der Waals surface area contributed by atoms with Crippen molar-refractivity contribution in [2.24, 2.45) is 0 Å². The zero-order chi connectivity index (χ0) is 53.7. The fourth-order valence-corrected chi connectivity index (χ4v) is 14.2. The van der Waals surface area contributed by atoms with Crippen LogP contribution in [-0.4, -0.2) is 52.8 Å². The van der Waals surface area contributed by atoms with E-state index in [0.717, 1.165) is 82.3 Å². The number of thiophene rings is 3. The molecule has 0 fully saturated rings. The van der Waals surface area contributed by atoms with E-state index in [-0.39, 0.29) is 55.4 Å². The maximum Gasteiger partial charge on any atom is 0.573 e. The van der Waals surface area contributed by atoms with Crippen LogP contribution in [0.25, 0.3) is 22.3 Å². The maximum absolute atomic E-state index is 13.1. The van der Waals surface area contributed by atoms with Crippen molar-refractivity contribution in [3.05, 3.63) is 165 Å². The fraction of sp³-hybridized carbons (Fsp3) is 0.0667. The van der Waals surface area contributed by atoms with Crippen molar-refractivity contribution in [3.8, 4) is 33.8 Å². The first-order chi connectivity index (χ1) is 34.6. The van der Waals surface area contributed by atoms with Gasteiger partial charge in [0, 0.05) is 0 Å². The van der Waals surface area contributed by atoms with Crippen LogP contribution >= 0.6 is 57.2 Å². The molecule has 14 nitrogen and oxygen atoms in total. The minimum absolute atomic E-state index is 0.0529. The molecule has 3 aromatic heterocycles. The number of rotatable bonds is 17. The minimum Gasteiger partial charge on any atom is -0.484 e. The number of anilines is 4. The van der Waals surface area contributed by atoms with Crippen LogP contribution in [0.15, 0.2) is 175 Å². The van der Waals surface area contributed by atoms with Crippen LogP contribution in [0.3, 0.4) is 0 Å². The topological polar surface area (TPSA) is 203 Å². The Hall–Kier alpha value is -6.04. The SMILES string of the molecule is O=S(=O)(Nc1cc(-c2ccccc2)ccc1NS(=O)(=O)c1ccc(Cl)s1)c1ccc(OCC(F)(F)F)cc1.O=S(=O)(Nc1cc(-c2ccsc2)ccc1NS(=O)(=O)c1ccc(Cl)s1)c1ccc(OC(F)(F)F)cc1. The van der Waals surface area contributed by atoms with Crippen LogP contribution in [0.2, 0.25) is 8.67 Å². The van der Waals surface area contributed by atoms with Gasteiger partial charge in [0.15, 0.2) is 6.61 Å². The van der Waals surface area contributed by atoms with Crippen LogP contribution < -0.4 is 28.4 Å². The van der Waals surface area contributed by atoms with Crippen molar-refractivity contribution in [1.82, 2.24) is 0 Å². The number of sulfonamides is 4. The Kier molecular flexibility index (Phi) is 16.9. The molecule has 0 atom stereocenters. The molecule has 0 aliphatic heterocycles. The number of ether oxygens (including phenoxy) is 2. The lowest BCUT2D eigenvalue weighted by Gasteiger charge is -2.16. The largest absolute Gasteiger partial charge is 0.573 e. The van der Waals surface area contributed by atoms with Crippen molar-refractivity contribution >= 4 is 120 Å². The van der Waals surface area contributed by atoms with Gasteiger partial charge in [0.25, 0.3) is 40.1 Å². The van der Waals surface area contributed by atoms with E-state index >= 15 is 0 Å². The third kappa shape index (κ3) is 15.1. The van der Waals surface area contributed by atoms with Gasteiger partial charge in [-0.05, 0) is 136 Å². The second-order valence-corrected chi connectivity index (χ2v) is 26.2. The van der Waals surface area contributed by atoms with Crippen molar-refractivity contribution in [1.29, 1.82) is 0 Å². The quantitative estimate of drug-likeness (QED) is 0.0635. The van der Waals surface area contributed by atoms with E-state index in [1.165, 1.54) is 59.9 Å². The van der Waals surface area contributed by atoms with Crippen LogP contribution in [-0.2, 0) is 40.1 Å². The van der Waals surface area contributed by atoms with Gasteiger partial charge >= 0.3 is 12.5 Å². The molecule has 0 saturated carbocycles. The lowest BCUT2D eigenvalue weighted by Crippen LogP contribution is -2.19. The predicted octanol–water partition coefficient (Wildman–Crippen LogP) is 13.2. The van der Waals surface area contributed by atoms with Crippen molar-refractivity contribution in [3.63, 3.8) is 0 Å². The van der Waals surface area contributed by atoms with Gasteiger partial charge in [0.1, 0.15) is 19.9 Å². The summed E-state index contributed by atoms with van der Waals surface area (Å²) in [5.41, 5.74) is 2.43. The summed E-state index contributed by atoms with van der Waals surface area (Å²) in [4.78, 5) is -0.641. The molecule has 74 heavy (non-hydrogen) atoms. The second-order valence-electron chi connectivity index (χ2n) is 14.8. The van der Waals surface area contributed by atoms with Crippen LogP contribution in [0.1, 0.15) is 0 Å². The third-order valence-electron chi connectivity index (χ3n) is 9.51. The summed E-state index contributed by atoms with van der Waals surface area (Å²) in [7, 11) is -16.8. The highest BCUT2D eigenvalue weighted by Crippen LogP contribution is 2.37. The van der Waals surface area contributed by atoms with Gasteiger partial charge in [-0.15, -0.1) is 35.8 Å². The standard InChI is InChI=1S/C24H18ClF3N2O5S3.C21H14ClF3N2O5S4/c25-22-12-13-23(36-22)38(33,34)29-20-11-6-17(16-4-2-1-3-5-16)14-21(20)30-37(31,32)19-9-7-18(8-10-19)35-15-24(26,27)28;22-19-7-8-20(34-19)36(30,31)26-17-6-1-13(14-9-10-33-12-14)11-18(17)27-35(28,29)16-4-2-15(3-5-16)32-21(23,24)25/h1-14,29-30H,15H2;1-12,26-27H. The first kappa shape index (κ1) is 55.7. The maximum atomic E-state index is 13.1. The fourth-order valence-electron chi connectivity index (χ4n) is 6.24. The molecule has 8 rings (SSSR count). The van der Waals surface area contributed by atoms with Gasteiger partial charge in [-0.25, -0.2) is 33.7 Å². The molecule has 0 unspecified atom stereocenters. The number of benzene rings is 5. The Morgan fingerprint density at radius 3 is 1.31 bits per heavy atom. The van der Waals surface area contributed by atoms with Gasteiger partial charge in [-0.2, -0.15) is 24.5 Å². The predicted molar refractivity (Wildman–Crippen MR) is 275 cm³/mol. The summed E-state index contributed by atoms with van der Waals surface area (Å²) in [5.74, 6) is -0.764. The first-order valence-corrected chi connectivity index (χ1v) is 29.5. The summed E-state index contributed by atoms with van der Waals surface area (Å²) in [6, 6.07) is 33.1. The molecule has 4 N–H and O–H groups in total. The summed E-state index contributed by atoms with van der Waals surface area (Å²) in [5, 5.41) is 3.64. The molecule has 0 radical (unpaired) electrons. The first-order valence-electron chi connectivity index (χ1n) is 20.3. The molecule has 0 aliphatic rings. The zero-order valence-electron chi connectivity index (χ0n) is 36.7. The molecule has 8 aromatic rings. The van der Waals surface area contributed by atoms with E-state index in [1.807, 2.05) is 16.8 Å². The number of halogens is 8. The Labute approximate surface area is 441 Å². The van der Waals surface area contributed by atoms with Crippen molar-refractivity contribution in [2.45, 2.75) is 30.7 Å². The molecule has 0 saturated heterocycles. The molecular formula is C45H32Cl2F6N4O10S7. The molecule has 5 aromatic carbocycles. The Morgan fingerprint density at radius 1 is 0.459 bits per heavy atom. The Bertz CT molecular complexity index is 3720. The molecule has 390 valence electrons. The Balaban J connectivity index is 0.000000217. The lowest BCUT2D eigenvalue weighted by molar-refractivity contribution is -0.274. The van der Waals surface area contributed by atoms with Gasteiger partial charge < -0.3 is 9.47 Å². The lowest BCUT2D eigenvalue weighted by atomic mass is 10.0. The number of hydrogen-bond acceptors (Lipinski definition) is 13. The average Bonchev–Trinajstić information content (AvgIpc) is 4.13. The highest BCUT2D eigenvalue weighted by molar-refractivity contribution is 7.95. The normalized spacial score (nSPS) is 12.3. The van der Waals surface area contributed by atoms with E-state index in [0.29, 0.717) is 11.1 Å². The van der Waals surface area contributed by atoms with Gasteiger partial charge in [-0.3, -0.25) is 18.9 Å². The number of hydrogen-bond donors (Lipinski definition) is 4. The number of nitrogens with one attached hydrogen (secondary N) is 4. The van der Waals surface area contributed by atoms with Gasteiger partial charge in [0.2, 0.25) is 0 Å². The van der Waals surface area contributed by atoms with Gasteiger partial charge in [0.05, 0.1) is 41.2 Å². The highest BCUT2D eigenvalue weighted by Gasteiger charge is 2.32. The average molecular weight is 1200 g/mol. The Morgan fingerprint density at radius 2 is 0.905 bits per heavy atom. The van der Waals surface area contributed by atoms with Crippen LogP contribution in [0, 0.1) is 0 Å². The molecular weight excluding hydrogens is 1170 g/mol. The van der Waals surface area contributed by atoms with Crippen LogP contribution in [0.5, 0.6) is 11.5 Å². The van der Waals surface area contributed by atoms with E-state index in [2.05, 4.69) is 28.4 Å². The second kappa shape index (κ2) is 22.4. The van der Waals surface area contributed by atoms with Crippen molar-refractivity contribution in [2.75, 3.05) is 25.5 Å². The zero-order valence-corrected chi connectivity index (χ0v) is 43.9. The van der Waals surface area contributed by atoms with E-state index in [1.54, 1.807) is 42.5 Å². The van der Waals surface area contributed by atoms with E-state index in [4.69, 9.17) is 23.2 Å². The van der Waals surface area contributed by atoms with Crippen molar-refractivity contribution < 1.29 is 69.5 Å². The number of alkyl halides is 6. The molecule has 0 amide bonds. The highest BCUT2D eigenvalue weighted by atomic mass is 35.5. The monoisotopic (exact) mass is 1200 g/mol. The van der Waals surface area contributed by atoms with Crippen LogP contribution in [0.4, 0.5) is 49.1 Å². The van der Waals surface area contributed by atoms with E-state index < -0.39 is 65.0 Å². The van der Waals surface area contributed by atoms with Gasteiger partial charge in [-0.1, -0.05) is 65.7 Å². The third-order valence-corrected chi connectivity index (χ3v) is 19.1. The summed E-state index contributed by atoms with van der Waals surface area (Å²) in [6.45, 7) is -1.53. The minimum atomic E-state index is -4.93. The van der Waals surface area contributed by atoms with E-state index in [9.17, 15) is 60.0 Å². The molecule has 0 aliphatic carbocycles.